The molecule has 0 N–H and O–H groups in total. The van der Waals surface area contributed by atoms with Gasteiger partial charge in [0.25, 0.3) is 0 Å². The van der Waals surface area contributed by atoms with Crippen molar-refractivity contribution in [1.29, 1.82) is 0 Å². The second-order valence-electron chi connectivity index (χ2n) is 22.7. The van der Waals surface area contributed by atoms with E-state index in [4.69, 9.17) is 87.8 Å². The summed E-state index contributed by atoms with van der Waals surface area (Å²) >= 11 is 47.7. The Morgan fingerprint density at radius 1 is 0.337 bits per heavy atom. The van der Waals surface area contributed by atoms with E-state index >= 15 is 0 Å². The normalized spacial score (nSPS) is 10.5. The Bertz CT molecular complexity index is 3080. The van der Waals surface area contributed by atoms with Gasteiger partial charge in [-0.15, -0.1) is 0 Å². The van der Waals surface area contributed by atoms with E-state index in [-0.39, 0.29) is 5.92 Å². The molecule has 86 heavy (non-hydrogen) atoms. The van der Waals surface area contributed by atoms with Crippen molar-refractivity contribution < 1.29 is 8.78 Å². The van der Waals surface area contributed by atoms with E-state index in [2.05, 4.69) is 195 Å². The first kappa shape index (κ1) is 80.1. The summed E-state index contributed by atoms with van der Waals surface area (Å²) in [6.07, 6.45) is 0. The molecule has 8 aromatic rings. The molecule has 464 valence electrons. The lowest BCUT2D eigenvalue weighted by atomic mass is 10.0. The van der Waals surface area contributed by atoms with Gasteiger partial charge in [0.05, 0.1) is 26.7 Å². The first-order valence-corrected chi connectivity index (χ1v) is 33.0. The summed E-state index contributed by atoms with van der Waals surface area (Å²) in [6, 6.07) is 51.9. The highest BCUT2D eigenvalue weighted by molar-refractivity contribution is 9.13. The third-order valence-corrected chi connectivity index (χ3v) is 17.3. The van der Waals surface area contributed by atoms with Crippen molar-refractivity contribution in [3.8, 4) is 0 Å². The average molecular weight is 1440 g/mol. The summed E-state index contributed by atoms with van der Waals surface area (Å²) in [5.74, 6) is 2.48. The Morgan fingerprint density at radius 3 is 1.15 bits per heavy atom. The molecule has 12 heteroatoms. The smallest absolute Gasteiger partial charge is 0.187 e. The van der Waals surface area contributed by atoms with Crippen LogP contribution in [0.5, 0.6) is 0 Å². The number of hydrogen-bond acceptors (Lipinski definition) is 0. The summed E-state index contributed by atoms with van der Waals surface area (Å²) in [6.45, 7) is 42.8. The first-order chi connectivity index (χ1) is 40.2. The van der Waals surface area contributed by atoms with Gasteiger partial charge >= 0.3 is 0 Å². The quantitative estimate of drug-likeness (QED) is 0.134. The monoisotopic (exact) mass is 1430 g/mol. The van der Waals surface area contributed by atoms with Crippen molar-refractivity contribution in [1.82, 2.24) is 0 Å². The summed E-state index contributed by atoms with van der Waals surface area (Å²) in [5, 5.41) is 4.84. The number of benzene rings is 8. The van der Waals surface area contributed by atoms with E-state index in [1.807, 2.05) is 92.7 Å². The topological polar surface area (TPSA) is 4.36 Å². The minimum absolute atomic E-state index is 0.241. The van der Waals surface area contributed by atoms with Crippen LogP contribution in [0, 0.1) is 25.1 Å². The first-order valence-electron chi connectivity index (χ1n) is 28.7. The number of nitrogens with zero attached hydrogens (tertiary/aromatic N) is 1. The summed E-state index contributed by atoms with van der Waals surface area (Å²) in [4.78, 5) is 3.32. The molecule has 0 fully saturated rings. The minimum atomic E-state index is -0.783. The van der Waals surface area contributed by atoms with E-state index in [9.17, 15) is 8.78 Å². The predicted molar refractivity (Wildman–Crippen MR) is 386 cm³/mol. The Balaban J connectivity index is 0.000000492. The maximum Gasteiger partial charge on any atom is 0.187 e. The molecule has 0 spiro atoms. The maximum absolute atomic E-state index is 12.6. The minimum Gasteiger partial charge on any atom is -0.238 e. The maximum atomic E-state index is 12.6. The number of aryl methyl sites for hydroxylation is 1. The van der Waals surface area contributed by atoms with Crippen LogP contribution in [0.1, 0.15) is 208 Å². The van der Waals surface area contributed by atoms with E-state index < -0.39 is 11.6 Å². The third-order valence-electron chi connectivity index (χ3n) is 13.0. The molecule has 0 aromatic heterocycles. The molecular weight excluding hydrogens is 1350 g/mol. The summed E-state index contributed by atoms with van der Waals surface area (Å²) in [5.41, 5.74) is 11.8. The molecule has 0 aliphatic rings. The molecular formula is C74H86Br2Cl7F2N. The zero-order valence-corrected chi connectivity index (χ0v) is 61.3. The van der Waals surface area contributed by atoms with Crippen molar-refractivity contribution in [3.05, 3.63) is 281 Å². The van der Waals surface area contributed by atoms with Crippen LogP contribution in [0.3, 0.4) is 0 Å². The van der Waals surface area contributed by atoms with Gasteiger partial charge in [-0.3, -0.25) is 0 Å². The van der Waals surface area contributed by atoms with Crippen LogP contribution >= 0.6 is 113 Å². The van der Waals surface area contributed by atoms with Gasteiger partial charge in [-0.25, -0.2) is 13.6 Å². The molecule has 0 amide bonds. The Labute approximate surface area is 568 Å². The average Bonchev–Trinajstić information content (AvgIpc) is 3.58. The van der Waals surface area contributed by atoms with Gasteiger partial charge in [0, 0.05) is 24.0 Å². The molecule has 0 atom stereocenters. The predicted octanol–water partition coefficient (Wildman–Crippen LogP) is 29.7. The van der Waals surface area contributed by atoms with E-state index in [1.54, 1.807) is 18.2 Å². The van der Waals surface area contributed by atoms with Crippen molar-refractivity contribution in [2.24, 2.45) is 0 Å². The fraction of sp³-hybridized carbons (Fsp3) is 0.338. The molecule has 8 aromatic carbocycles. The molecule has 0 heterocycles. The highest BCUT2D eigenvalue weighted by Gasteiger charge is 2.09. The molecule has 0 aliphatic heterocycles. The SMILES string of the molecule is CC(C)c1ccc(Br)c(Br)c1.CC(C)c1ccc(Cl)c(Cl)c1.CC(C)c1ccc(Cl)cc1.CC(C)c1ccc(Cl)cc1Cl.CC(C)c1ccc(F)c(F)c1.CC(C)c1cccc(Cl)c1Cl.Cc1ccc(C(C)C)cc1.[C-]#[N+]c1ccc(C(C)C)cc1. The fourth-order valence-corrected chi connectivity index (χ4v) is 9.51. The van der Waals surface area contributed by atoms with Gasteiger partial charge in [0.2, 0.25) is 0 Å². The van der Waals surface area contributed by atoms with Crippen LogP contribution in [0.2, 0.25) is 35.2 Å². The zero-order chi connectivity index (χ0) is 65.5. The van der Waals surface area contributed by atoms with Gasteiger partial charge in [-0.2, -0.15) is 0 Å². The molecule has 1 nitrogen and oxygen atoms in total. The molecule has 0 radical (unpaired) electrons. The molecule has 0 saturated heterocycles. The van der Waals surface area contributed by atoms with Crippen LogP contribution in [-0.4, -0.2) is 0 Å². The zero-order valence-electron chi connectivity index (χ0n) is 52.8. The second-order valence-corrected chi connectivity index (χ2v) is 27.3. The Morgan fingerprint density at radius 2 is 0.744 bits per heavy atom. The Kier molecular flexibility index (Phi) is 39.3. The van der Waals surface area contributed by atoms with Gasteiger partial charge in [-0.1, -0.05) is 295 Å². The van der Waals surface area contributed by atoms with E-state index in [0.717, 1.165) is 47.4 Å². The Hall–Kier alpha value is -3.90. The van der Waals surface area contributed by atoms with Crippen molar-refractivity contribution in [2.75, 3.05) is 0 Å². The lowest BCUT2D eigenvalue weighted by Crippen LogP contribution is -1.90. The number of rotatable bonds is 8. The number of halogens is 11. The largest absolute Gasteiger partial charge is 0.238 e. The lowest BCUT2D eigenvalue weighted by molar-refractivity contribution is 0.506. The molecule has 8 rings (SSSR count). The van der Waals surface area contributed by atoms with Crippen LogP contribution in [0.4, 0.5) is 14.5 Å². The van der Waals surface area contributed by atoms with Crippen LogP contribution < -0.4 is 0 Å². The van der Waals surface area contributed by atoms with Gasteiger partial charge < -0.3 is 0 Å². The second kappa shape index (κ2) is 42.2. The van der Waals surface area contributed by atoms with Crippen LogP contribution in [0.25, 0.3) is 4.85 Å². The van der Waals surface area contributed by atoms with E-state index in [0.29, 0.717) is 66.5 Å². The van der Waals surface area contributed by atoms with Crippen molar-refractivity contribution in [3.63, 3.8) is 0 Å². The highest BCUT2D eigenvalue weighted by atomic mass is 79.9. The van der Waals surface area contributed by atoms with Crippen LogP contribution in [-0.2, 0) is 0 Å². The van der Waals surface area contributed by atoms with E-state index in [1.165, 1.54) is 39.4 Å². The van der Waals surface area contributed by atoms with Crippen LogP contribution in [0.15, 0.2) is 173 Å². The van der Waals surface area contributed by atoms with Crippen molar-refractivity contribution >= 4 is 119 Å². The standard InChI is InChI=1S/C10H11N.C10H14.C9H10Br2.3C9H10Cl2.C9H11Cl.C9H10F2/c1-8(2)9-4-6-10(11-3)7-5-9;1-8(2)10-6-4-9(3)5-7-10;1-6(2)7-3-4-8(10)9(11)5-7;1-6(2)8-4-3-7(10)5-9(8)11;1-6(2)7-3-4-8(10)9(11)5-7;1-6(2)7-4-3-5-8(10)9(7)11;1-7(2)8-3-5-9(10)6-4-8;1-6(2)7-3-4-8(10)9(11)5-7/h4-8H,1-2H3;4-8H,1-3H3;4*3-6H,1-2H3;3-7H,1-2H3;3-6H,1-2H3. The van der Waals surface area contributed by atoms with Gasteiger partial charge in [-0.05, 0) is 197 Å². The molecule has 0 aliphatic carbocycles. The molecule has 0 bridgehead atoms. The van der Waals surface area contributed by atoms with Gasteiger partial charge in [0.1, 0.15) is 0 Å². The van der Waals surface area contributed by atoms with Crippen molar-refractivity contribution in [2.45, 2.75) is 165 Å². The summed E-state index contributed by atoms with van der Waals surface area (Å²) in [7, 11) is 0. The third kappa shape index (κ3) is 31.5. The molecule has 0 unspecified atom stereocenters. The summed E-state index contributed by atoms with van der Waals surface area (Å²) < 4.78 is 27.2. The number of hydrogen-bond donors (Lipinski definition) is 0. The lowest BCUT2D eigenvalue weighted by Gasteiger charge is -2.07. The highest BCUT2D eigenvalue weighted by Crippen LogP contribution is 2.32. The van der Waals surface area contributed by atoms with Gasteiger partial charge in [0.15, 0.2) is 17.3 Å². The molecule has 0 saturated carbocycles. The fourth-order valence-electron chi connectivity index (χ4n) is 7.28.